The van der Waals surface area contributed by atoms with E-state index in [9.17, 15) is 5.11 Å². The van der Waals surface area contributed by atoms with Crippen LogP contribution in [0.4, 0.5) is 5.82 Å². The number of pyridine rings is 1. The third-order valence-corrected chi connectivity index (χ3v) is 4.73. The molecule has 0 radical (unpaired) electrons. The lowest BCUT2D eigenvalue weighted by atomic mass is 10.1. The molecule has 1 aliphatic heterocycles. The Morgan fingerprint density at radius 1 is 1.15 bits per heavy atom. The van der Waals surface area contributed by atoms with Crippen LogP contribution in [0, 0.1) is 0 Å². The molecule has 1 aromatic heterocycles. The number of hydrogen-bond donors (Lipinski definition) is 1. The zero-order valence-electron chi connectivity index (χ0n) is 12.3. The van der Waals surface area contributed by atoms with Crippen molar-refractivity contribution >= 4 is 5.82 Å². The number of rotatable bonds is 3. The minimum absolute atomic E-state index is 0.434. The van der Waals surface area contributed by atoms with Crippen molar-refractivity contribution in [2.45, 2.75) is 44.8 Å². The molecular weight excluding hydrogens is 250 g/mol. The van der Waals surface area contributed by atoms with Crippen molar-refractivity contribution in [3.63, 3.8) is 0 Å². The first-order chi connectivity index (χ1) is 9.74. The predicted molar refractivity (Wildman–Crippen MR) is 80.9 cm³/mol. The van der Waals surface area contributed by atoms with E-state index in [0.29, 0.717) is 0 Å². The van der Waals surface area contributed by atoms with Gasteiger partial charge in [0.2, 0.25) is 0 Å². The van der Waals surface area contributed by atoms with Crippen LogP contribution in [0.15, 0.2) is 18.3 Å². The van der Waals surface area contributed by atoms with Crippen LogP contribution in [0.1, 0.15) is 44.3 Å². The van der Waals surface area contributed by atoms with Crippen molar-refractivity contribution in [1.29, 1.82) is 0 Å². The largest absolute Gasteiger partial charge is 0.389 e. The highest BCUT2D eigenvalue weighted by Crippen LogP contribution is 2.25. The fourth-order valence-electron chi connectivity index (χ4n) is 3.42. The van der Waals surface area contributed by atoms with Crippen molar-refractivity contribution in [3.8, 4) is 0 Å². The molecule has 0 spiro atoms. The molecule has 2 heterocycles. The van der Waals surface area contributed by atoms with Crippen LogP contribution in [0.5, 0.6) is 0 Å². The van der Waals surface area contributed by atoms with Crippen LogP contribution in [-0.4, -0.2) is 47.2 Å². The maximum atomic E-state index is 9.52. The van der Waals surface area contributed by atoms with Crippen molar-refractivity contribution < 1.29 is 5.11 Å². The van der Waals surface area contributed by atoms with E-state index < -0.39 is 6.10 Å². The molecule has 3 rings (SSSR count). The summed E-state index contributed by atoms with van der Waals surface area (Å²) in [5.74, 6) is 1.04. The molecule has 0 amide bonds. The van der Waals surface area contributed by atoms with Gasteiger partial charge >= 0.3 is 0 Å². The highest BCUT2D eigenvalue weighted by Gasteiger charge is 2.26. The molecule has 1 saturated carbocycles. The average Bonchev–Trinajstić information content (AvgIpc) is 3.02. The normalized spacial score (nSPS) is 23.2. The number of nitrogens with zero attached hydrogens (tertiary/aromatic N) is 3. The van der Waals surface area contributed by atoms with Gasteiger partial charge in [-0.3, -0.25) is 4.90 Å². The number of aliphatic hydroxyl groups excluding tert-OH is 1. The lowest BCUT2D eigenvalue weighted by Crippen LogP contribution is -2.49. The Morgan fingerprint density at radius 2 is 1.85 bits per heavy atom. The second kappa shape index (κ2) is 6.10. The molecule has 0 bridgehead atoms. The number of aromatic nitrogens is 1. The third kappa shape index (κ3) is 2.96. The van der Waals surface area contributed by atoms with Crippen molar-refractivity contribution in [1.82, 2.24) is 9.88 Å². The molecule has 1 saturated heterocycles. The van der Waals surface area contributed by atoms with Gasteiger partial charge in [-0.2, -0.15) is 0 Å². The van der Waals surface area contributed by atoms with Gasteiger partial charge in [-0.05, 0) is 31.4 Å². The number of aliphatic hydroxyl groups is 1. The zero-order chi connectivity index (χ0) is 13.9. The Kier molecular flexibility index (Phi) is 4.22. The summed E-state index contributed by atoms with van der Waals surface area (Å²) < 4.78 is 0. The average molecular weight is 275 g/mol. The van der Waals surface area contributed by atoms with Gasteiger partial charge in [-0.15, -0.1) is 0 Å². The fraction of sp³-hybridized carbons (Fsp3) is 0.688. The number of anilines is 1. The molecule has 2 aliphatic rings. The summed E-state index contributed by atoms with van der Waals surface area (Å²) in [6, 6.07) is 4.85. The second-order valence-electron chi connectivity index (χ2n) is 6.09. The zero-order valence-corrected chi connectivity index (χ0v) is 12.3. The summed E-state index contributed by atoms with van der Waals surface area (Å²) in [4.78, 5) is 9.51. The Balaban J connectivity index is 1.57. The molecule has 1 aliphatic carbocycles. The summed E-state index contributed by atoms with van der Waals surface area (Å²) in [5, 5.41) is 9.52. The highest BCUT2D eigenvalue weighted by molar-refractivity contribution is 5.40. The van der Waals surface area contributed by atoms with Crippen LogP contribution in [-0.2, 0) is 0 Å². The van der Waals surface area contributed by atoms with Gasteiger partial charge in [0, 0.05) is 38.4 Å². The van der Waals surface area contributed by atoms with E-state index in [1.807, 2.05) is 12.1 Å². The summed E-state index contributed by atoms with van der Waals surface area (Å²) >= 11 is 0. The Bertz CT molecular complexity index is 418. The molecule has 4 nitrogen and oxygen atoms in total. The SMILES string of the molecule is CC(O)c1ccc(N2CCN(C3CCCC3)CC2)nc1. The maximum Gasteiger partial charge on any atom is 0.128 e. The maximum absolute atomic E-state index is 9.52. The third-order valence-electron chi connectivity index (χ3n) is 4.73. The van der Waals surface area contributed by atoms with Crippen LogP contribution in [0.2, 0.25) is 0 Å². The van der Waals surface area contributed by atoms with E-state index in [1.54, 1.807) is 13.1 Å². The molecular formula is C16H25N3O. The predicted octanol–water partition coefficient (Wildman–Crippen LogP) is 2.20. The first-order valence-electron chi connectivity index (χ1n) is 7.87. The van der Waals surface area contributed by atoms with Crippen molar-refractivity contribution in [2.75, 3.05) is 31.1 Å². The van der Waals surface area contributed by atoms with Gasteiger partial charge < -0.3 is 10.0 Å². The van der Waals surface area contributed by atoms with Gasteiger partial charge in [0.25, 0.3) is 0 Å². The van der Waals surface area contributed by atoms with Crippen molar-refractivity contribution in [2.24, 2.45) is 0 Å². The highest BCUT2D eigenvalue weighted by atomic mass is 16.3. The van der Waals surface area contributed by atoms with E-state index in [4.69, 9.17) is 0 Å². The lowest BCUT2D eigenvalue weighted by Gasteiger charge is -2.38. The van der Waals surface area contributed by atoms with Gasteiger partial charge in [0.15, 0.2) is 0 Å². The van der Waals surface area contributed by atoms with E-state index in [0.717, 1.165) is 43.6 Å². The minimum Gasteiger partial charge on any atom is -0.389 e. The summed E-state index contributed by atoms with van der Waals surface area (Å²) in [5.41, 5.74) is 0.887. The molecule has 1 N–H and O–H groups in total. The van der Waals surface area contributed by atoms with Gasteiger partial charge in [0.05, 0.1) is 6.10 Å². The molecule has 1 aromatic rings. The van der Waals surface area contributed by atoms with Gasteiger partial charge in [0.1, 0.15) is 5.82 Å². The fourth-order valence-corrected chi connectivity index (χ4v) is 3.42. The van der Waals surface area contributed by atoms with Crippen LogP contribution < -0.4 is 4.90 Å². The van der Waals surface area contributed by atoms with Crippen LogP contribution in [0.25, 0.3) is 0 Å². The Labute approximate surface area is 121 Å². The minimum atomic E-state index is -0.434. The van der Waals surface area contributed by atoms with E-state index in [2.05, 4.69) is 14.8 Å². The second-order valence-corrected chi connectivity index (χ2v) is 6.09. The molecule has 0 aromatic carbocycles. The smallest absolute Gasteiger partial charge is 0.128 e. The van der Waals surface area contributed by atoms with Crippen molar-refractivity contribution in [3.05, 3.63) is 23.9 Å². The molecule has 20 heavy (non-hydrogen) atoms. The van der Waals surface area contributed by atoms with E-state index >= 15 is 0 Å². The van der Waals surface area contributed by atoms with E-state index in [1.165, 1.54) is 25.7 Å². The molecule has 1 unspecified atom stereocenters. The molecule has 2 fully saturated rings. The number of piperazine rings is 1. The number of hydrogen-bond acceptors (Lipinski definition) is 4. The Morgan fingerprint density at radius 3 is 2.40 bits per heavy atom. The summed E-state index contributed by atoms with van der Waals surface area (Å²) in [6.07, 6.45) is 6.96. The topological polar surface area (TPSA) is 39.6 Å². The van der Waals surface area contributed by atoms with Crippen LogP contribution in [0.3, 0.4) is 0 Å². The monoisotopic (exact) mass is 275 g/mol. The van der Waals surface area contributed by atoms with Gasteiger partial charge in [-0.1, -0.05) is 18.9 Å². The first-order valence-corrected chi connectivity index (χ1v) is 7.87. The quantitative estimate of drug-likeness (QED) is 0.918. The lowest BCUT2D eigenvalue weighted by molar-refractivity contribution is 0.187. The standard InChI is InChI=1S/C16H25N3O/c1-13(20)14-6-7-16(17-12-14)19-10-8-18(9-11-19)15-4-2-3-5-15/h6-7,12-13,15,20H,2-5,8-11H2,1H3. The summed E-state index contributed by atoms with van der Waals surface area (Å²) in [6.45, 7) is 6.22. The van der Waals surface area contributed by atoms with Gasteiger partial charge in [-0.25, -0.2) is 4.98 Å². The molecule has 110 valence electrons. The Hall–Kier alpha value is -1.13. The van der Waals surface area contributed by atoms with Crippen LogP contribution >= 0.6 is 0 Å². The van der Waals surface area contributed by atoms with E-state index in [-0.39, 0.29) is 0 Å². The summed E-state index contributed by atoms with van der Waals surface area (Å²) in [7, 11) is 0. The first kappa shape index (κ1) is 13.8. The molecule has 1 atom stereocenters. The molecule has 4 heteroatoms.